The minimum atomic E-state index is -0.716. The van der Waals surface area contributed by atoms with Crippen molar-refractivity contribution in [1.29, 1.82) is 0 Å². The number of hydroxylamine groups is 2. The largest absolute Gasteiger partial charge is 0.443 e. The maximum Gasteiger partial charge on any atom is 0.443 e. The molecule has 1 aromatic carbocycles. The Hall–Kier alpha value is -2.04. The van der Waals surface area contributed by atoms with Crippen LogP contribution in [0.4, 0.5) is 4.79 Å². The van der Waals surface area contributed by atoms with Gasteiger partial charge in [-0.2, -0.15) is 0 Å². The van der Waals surface area contributed by atoms with Crippen LogP contribution in [0.25, 0.3) is 0 Å². The quantitative estimate of drug-likeness (QED) is 0.720. The third-order valence-electron chi connectivity index (χ3n) is 1.88. The highest BCUT2D eigenvalue weighted by Crippen LogP contribution is 2.10. The van der Waals surface area contributed by atoms with E-state index in [1.54, 1.807) is 51.1 Å². The number of carbonyl (C=O) groups excluding carboxylic acids is 2. The van der Waals surface area contributed by atoms with E-state index in [0.717, 1.165) is 5.06 Å². The van der Waals surface area contributed by atoms with Gasteiger partial charge in [0.25, 0.3) is 0 Å². The number of carbonyl (C=O) groups is 2. The number of amides is 1. The number of benzene rings is 1. The van der Waals surface area contributed by atoms with Gasteiger partial charge in [0.1, 0.15) is 5.60 Å². The molecule has 0 saturated heterocycles. The molecule has 5 nitrogen and oxygen atoms in total. The summed E-state index contributed by atoms with van der Waals surface area (Å²) in [6.07, 6.45) is -0.716. The third-order valence-corrected chi connectivity index (χ3v) is 1.88. The summed E-state index contributed by atoms with van der Waals surface area (Å²) in [6, 6.07) is 8.42. The molecule has 0 spiro atoms. The van der Waals surface area contributed by atoms with Gasteiger partial charge in [-0.1, -0.05) is 18.2 Å². The Labute approximate surface area is 106 Å². The molecule has 0 bridgehead atoms. The lowest BCUT2D eigenvalue weighted by atomic mass is 10.2. The van der Waals surface area contributed by atoms with Gasteiger partial charge in [0.05, 0.1) is 12.6 Å². The Balaban J connectivity index is 2.58. The molecular formula is C13H17NO4. The standard InChI is InChI=1S/C13H17NO4/c1-13(2,3)17-12(16)14(4)18-11(15)10-8-6-5-7-9-10/h5-9H,1-4H3. The molecular weight excluding hydrogens is 234 g/mol. The zero-order valence-corrected chi connectivity index (χ0v) is 11.0. The molecule has 18 heavy (non-hydrogen) atoms. The van der Waals surface area contributed by atoms with Gasteiger partial charge in [0, 0.05) is 0 Å². The van der Waals surface area contributed by atoms with Crippen LogP contribution in [0, 0.1) is 0 Å². The predicted octanol–water partition coefficient (Wildman–Crippen LogP) is 2.63. The molecule has 0 aliphatic carbocycles. The first-order chi connectivity index (χ1) is 8.29. The van der Waals surface area contributed by atoms with E-state index in [0.29, 0.717) is 5.56 Å². The molecule has 1 amide bonds. The van der Waals surface area contributed by atoms with Gasteiger partial charge in [-0.25, -0.2) is 9.59 Å². The number of nitrogens with zero attached hydrogens (tertiary/aromatic N) is 1. The highest BCUT2D eigenvalue weighted by atomic mass is 16.8. The van der Waals surface area contributed by atoms with Crippen LogP contribution in [0.1, 0.15) is 31.1 Å². The van der Waals surface area contributed by atoms with E-state index in [4.69, 9.17) is 9.57 Å². The molecule has 1 aromatic rings. The fourth-order valence-electron chi connectivity index (χ4n) is 1.11. The van der Waals surface area contributed by atoms with Crippen LogP contribution in [-0.4, -0.2) is 29.8 Å². The monoisotopic (exact) mass is 251 g/mol. The Kier molecular flexibility index (Phi) is 4.31. The summed E-state index contributed by atoms with van der Waals surface area (Å²) in [5, 5.41) is 0.778. The van der Waals surface area contributed by atoms with E-state index >= 15 is 0 Å². The van der Waals surface area contributed by atoms with Crippen molar-refractivity contribution < 1.29 is 19.2 Å². The Morgan fingerprint density at radius 3 is 2.17 bits per heavy atom. The first-order valence-corrected chi connectivity index (χ1v) is 5.53. The Morgan fingerprint density at radius 1 is 1.11 bits per heavy atom. The van der Waals surface area contributed by atoms with Crippen molar-refractivity contribution in [2.24, 2.45) is 0 Å². The van der Waals surface area contributed by atoms with E-state index in [1.165, 1.54) is 7.05 Å². The van der Waals surface area contributed by atoms with Gasteiger partial charge in [-0.3, -0.25) is 0 Å². The molecule has 0 aliphatic rings. The van der Waals surface area contributed by atoms with Crippen LogP contribution in [0.2, 0.25) is 0 Å². The van der Waals surface area contributed by atoms with Gasteiger partial charge in [-0.05, 0) is 32.9 Å². The highest BCUT2D eigenvalue weighted by molar-refractivity contribution is 5.89. The molecule has 0 saturated carbocycles. The molecule has 0 heterocycles. The summed E-state index contributed by atoms with van der Waals surface area (Å²) in [5.74, 6) is -0.607. The summed E-state index contributed by atoms with van der Waals surface area (Å²) < 4.78 is 5.05. The van der Waals surface area contributed by atoms with Crippen molar-refractivity contribution in [3.05, 3.63) is 35.9 Å². The summed E-state index contributed by atoms with van der Waals surface area (Å²) in [7, 11) is 1.33. The summed E-state index contributed by atoms with van der Waals surface area (Å²) in [6.45, 7) is 5.20. The summed E-state index contributed by atoms with van der Waals surface area (Å²) in [4.78, 5) is 28.1. The number of hydrogen-bond donors (Lipinski definition) is 0. The third kappa shape index (κ3) is 4.45. The second-order valence-corrected chi connectivity index (χ2v) is 4.72. The fraction of sp³-hybridized carbons (Fsp3) is 0.385. The van der Waals surface area contributed by atoms with E-state index in [-0.39, 0.29) is 0 Å². The molecule has 5 heteroatoms. The topological polar surface area (TPSA) is 55.8 Å². The molecule has 1 rings (SSSR count). The van der Waals surface area contributed by atoms with Crippen LogP contribution >= 0.6 is 0 Å². The lowest BCUT2D eigenvalue weighted by Gasteiger charge is -2.23. The van der Waals surface area contributed by atoms with Gasteiger partial charge in [0.2, 0.25) is 0 Å². The molecule has 0 unspecified atom stereocenters. The summed E-state index contributed by atoms with van der Waals surface area (Å²) >= 11 is 0. The van der Waals surface area contributed by atoms with Gasteiger partial charge >= 0.3 is 12.1 Å². The number of ether oxygens (including phenoxy) is 1. The SMILES string of the molecule is CN(OC(=O)c1ccccc1)C(=O)OC(C)(C)C. The highest BCUT2D eigenvalue weighted by Gasteiger charge is 2.22. The zero-order valence-electron chi connectivity index (χ0n) is 11.0. The normalized spacial score (nSPS) is 10.7. The maximum absolute atomic E-state index is 11.7. The molecule has 0 N–H and O–H groups in total. The van der Waals surface area contributed by atoms with Crippen molar-refractivity contribution in [2.45, 2.75) is 26.4 Å². The van der Waals surface area contributed by atoms with Crippen molar-refractivity contribution in [2.75, 3.05) is 7.05 Å². The van der Waals surface area contributed by atoms with E-state index in [1.807, 2.05) is 0 Å². The first-order valence-electron chi connectivity index (χ1n) is 5.53. The minimum Gasteiger partial charge on any atom is -0.442 e. The smallest absolute Gasteiger partial charge is 0.442 e. The lowest BCUT2D eigenvalue weighted by Crippen LogP contribution is -2.35. The Morgan fingerprint density at radius 2 is 1.67 bits per heavy atom. The first kappa shape index (κ1) is 14.0. The molecule has 0 radical (unpaired) electrons. The zero-order chi connectivity index (χ0) is 13.8. The van der Waals surface area contributed by atoms with E-state index in [2.05, 4.69) is 0 Å². The lowest BCUT2D eigenvalue weighted by molar-refractivity contribution is -0.0931. The van der Waals surface area contributed by atoms with Crippen molar-refractivity contribution >= 4 is 12.1 Å². The summed E-state index contributed by atoms with van der Waals surface area (Å²) in [5.41, 5.74) is -0.266. The van der Waals surface area contributed by atoms with E-state index in [9.17, 15) is 9.59 Å². The molecule has 0 aromatic heterocycles. The van der Waals surface area contributed by atoms with Crippen LogP contribution in [0.3, 0.4) is 0 Å². The van der Waals surface area contributed by atoms with Crippen molar-refractivity contribution in [3.63, 3.8) is 0 Å². The van der Waals surface area contributed by atoms with Gasteiger partial charge in [-0.15, -0.1) is 5.06 Å². The number of hydrogen-bond acceptors (Lipinski definition) is 4. The molecule has 0 atom stereocenters. The van der Waals surface area contributed by atoms with Crippen molar-refractivity contribution in [3.8, 4) is 0 Å². The van der Waals surface area contributed by atoms with Crippen molar-refractivity contribution in [1.82, 2.24) is 5.06 Å². The fourth-order valence-corrected chi connectivity index (χ4v) is 1.11. The molecule has 98 valence electrons. The second-order valence-electron chi connectivity index (χ2n) is 4.72. The predicted molar refractivity (Wildman–Crippen MR) is 65.9 cm³/mol. The van der Waals surface area contributed by atoms with Crippen LogP contribution in [0.15, 0.2) is 30.3 Å². The van der Waals surface area contributed by atoms with Gasteiger partial charge in [0.15, 0.2) is 0 Å². The average molecular weight is 251 g/mol. The Bertz CT molecular complexity index is 422. The molecule has 0 fully saturated rings. The second kappa shape index (κ2) is 5.53. The van der Waals surface area contributed by atoms with Crippen LogP contribution < -0.4 is 0 Å². The minimum absolute atomic E-state index is 0.368. The average Bonchev–Trinajstić information content (AvgIpc) is 2.27. The van der Waals surface area contributed by atoms with Gasteiger partial charge < -0.3 is 9.57 Å². The van der Waals surface area contributed by atoms with Crippen LogP contribution in [0.5, 0.6) is 0 Å². The molecule has 0 aliphatic heterocycles. The maximum atomic E-state index is 11.7. The van der Waals surface area contributed by atoms with E-state index < -0.39 is 17.7 Å². The van der Waals surface area contributed by atoms with Crippen LogP contribution in [-0.2, 0) is 9.57 Å². The number of rotatable bonds is 1.